The van der Waals surface area contributed by atoms with Crippen LogP contribution in [0.25, 0.3) is 0 Å². The summed E-state index contributed by atoms with van der Waals surface area (Å²) in [7, 11) is 4.25. The van der Waals surface area contributed by atoms with Gasteiger partial charge >= 0.3 is 6.18 Å². The van der Waals surface area contributed by atoms with Gasteiger partial charge in [0.1, 0.15) is 17.2 Å². The van der Waals surface area contributed by atoms with E-state index < -0.39 is 28.3 Å². The Morgan fingerprint density at radius 2 is 1.96 bits per heavy atom. The minimum absolute atomic E-state index is 0.231. The molecule has 1 atom stereocenters. The Kier molecular flexibility index (Phi) is 5.84. The van der Waals surface area contributed by atoms with Gasteiger partial charge < -0.3 is 14.8 Å². The highest BCUT2D eigenvalue weighted by Crippen LogP contribution is 2.36. The number of rotatable bonds is 5. The number of nitrogens with one attached hydrogen (secondary N) is 1. The van der Waals surface area contributed by atoms with E-state index in [1.807, 2.05) is 0 Å². The van der Waals surface area contributed by atoms with E-state index in [-0.39, 0.29) is 5.69 Å². The second kappa shape index (κ2) is 7.56. The minimum Gasteiger partial charge on any atom is -0.497 e. The standard InChI is InChI=1S/C16H17BrF3N3O3/c1-8(10-7-9(25-3)5-6-11(10)26-4)21-15(24)13-12(17)14(16(18,19)20)22-23(13)2/h5-8H,1-4H3,(H,21,24). The Balaban J connectivity index is 2.32. The summed E-state index contributed by atoms with van der Waals surface area (Å²) in [5.74, 6) is 0.362. The van der Waals surface area contributed by atoms with Gasteiger partial charge in [0.25, 0.3) is 5.91 Å². The predicted molar refractivity (Wildman–Crippen MR) is 91.3 cm³/mol. The Morgan fingerprint density at radius 1 is 1.31 bits per heavy atom. The first-order valence-corrected chi connectivity index (χ1v) is 8.21. The molecule has 0 spiro atoms. The first kappa shape index (κ1) is 20.1. The van der Waals surface area contributed by atoms with Crippen molar-refractivity contribution in [1.29, 1.82) is 0 Å². The molecule has 1 unspecified atom stereocenters. The lowest BCUT2D eigenvalue weighted by Crippen LogP contribution is -2.29. The van der Waals surface area contributed by atoms with Gasteiger partial charge in [-0.1, -0.05) is 0 Å². The van der Waals surface area contributed by atoms with E-state index in [0.717, 1.165) is 4.68 Å². The number of aromatic nitrogens is 2. The minimum atomic E-state index is -4.67. The summed E-state index contributed by atoms with van der Waals surface area (Å²) < 4.78 is 49.7. The summed E-state index contributed by atoms with van der Waals surface area (Å²) in [4.78, 5) is 12.5. The normalized spacial score (nSPS) is 12.6. The van der Waals surface area contributed by atoms with Gasteiger partial charge in [0.2, 0.25) is 0 Å². The molecule has 0 radical (unpaired) electrons. The van der Waals surface area contributed by atoms with Crippen LogP contribution in [0.2, 0.25) is 0 Å². The Hall–Kier alpha value is -2.23. The molecule has 2 rings (SSSR count). The molecule has 0 bridgehead atoms. The largest absolute Gasteiger partial charge is 0.497 e. The molecular weight excluding hydrogens is 419 g/mol. The van der Waals surface area contributed by atoms with Gasteiger partial charge in [-0.15, -0.1) is 0 Å². The van der Waals surface area contributed by atoms with Crippen molar-refractivity contribution in [3.63, 3.8) is 0 Å². The second-order valence-corrected chi connectivity index (χ2v) is 6.23. The molecule has 10 heteroatoms. The molecule has 0 aliphatic carbocycles. The Bertz CT molecular complexity index is 821. The summed E-state index contributed by atoms with van der Waals surface area (Å²) in [5.41, 5.74) is -0.766. The highest BCUT2D eigenvalue weighted by molar-refractivity contribution is 9.10. The quantitative estimate of drug-likeness (QED) is 0.777. The van der Waals surface area contributed by atoms with Crippen molar-refractivity contribution in [2.24, 2.45) is 7.05 Å². The number of ether oxygens (including phenoxy) is 2. The highest BCUT2D eigenvalue weighted by atomic mass is 79.9. The third kappa shape index (κ3) is 3.95. The molecule has 1 heterocycles. The summed E-state index contributed by atoms with van der Waals surface area (Å²) in [6.07, 6.45) is -4.67. The van der Waals surface area contributed by atoms with Crippen LogP contribution in [0.1, 0.15) is 34.7 Å². The lowest BCUT2D eigenvalue weighted by atomic mass is 10.1. The Morgan fingerprint density at radius 3 is 2.46 bits per heavy atom. The lowest BCUT2D eigenvalue weighted by Gasteiger charge is -2.18. The van der Waals surface area contributed by atoms with Crippen LogP contribution in [0.15, 0.2) is 22.7 Å². The van der Waals surface area contributed by atoms with Crippen molar-refractivity contribution in [1.82, 2.24) is 15.1 Å². The predicted octanol–water partition coefficient (Wildman–Crippen LogP) is 3.71. The average Bonchev–Trinajstić information content (AvgIpc) is 2.88. The smallest absolute Gasteiger partial charge is 0.436 e. The number of amides is 1. The number of methoxy groups -OCH3 is 2. The SMILES string of the molecule is COc1ccc(OC)c(C(C)NC(=O)c2c(Br)c(C(F)(F)F)nn2C)c1. The van der Waals surface area contributed by atoms with Crippen LogP contribution >= 0.6 is 15.9 Å². The summed E-state index contributed by atoms with van der Waals surface area (Å²) in [6.45, 7) is 1.68. The number of carbonyl (C=O) groups is 1. The van der Waals surface area contributed by atoms with E-state index in [2.05, 4.69) is 26.3 Å². The maximum atomic E-state index is 12.9. The zero-order valence-corrected chi connectivity index (χ0v) is 16.0. The summed E-state index contributed by atoms with van der Waals surface area (Å²) in [6, 6.07) is 4.51. The maximum absolute atomic E-state index is 12.9. The van der Waals surface area contributed by atoms with Crippen molar-refractivity contribution in [3.05, 3.63) is 39.6 Å². The van der Waals surface area contributed by atoms with Crippen LogP contribution < -0.4 is 14.8 Å². The third-order valence-electron chi connectivity index (χ3n) is 3.72. The number of benzene rings is 1. The molecule has 1 N–H and O–H groups in total. The first-order chi connectivity index (χ1) is 12.1. The summed E-state index contributed by atoms with van der Waals surface area (Å²) in [5, 5.41) is 6.04. The average molecular weight is 436 g/mol. The van der Waals surface area contributed by atoms with Crippen LogP contribution in [0, 0.1) is 0 Å². The first-order valence-electron chi connectivity index (χ1n) is 7.42. The molecule has 142 valence electrons. The van der Waals surface area contributed by atoms with Crippen LogP contribution in [0.3, 0.4) is 0 Å². The second-order valence-electron chi connectivity index (χ2n) is 5.44. The van der Waals surface area contributed by atoms with Gasteiger partial charge in [0, 0.05) is 12.6 Å². The van der Waals surface area contributed by atoms with Crippen molar-refractivity contribution in [2.75, 3.05) is 14.2 Å². The molecule has 1 aromatic carbocycles. The van der Waals surface area contributed by atoms with Crippen LogP contribution in [0.5, 0.6) is 11.5 Å². The maximum Gasteiger partial charge on any atom is 0.436 e. The number of halogens is 4. The Labute approximate surface area is 156 Å². The van der Waals surface area contributed by atoms with E-state index in [4.69, 9.17) is 9.47 Å². The van der Waals surface area contributed by atoms with Gasteiger partial charge in [0.15, 0.2) is 5.69 Å². The number of hydrogen-bond acceptors (Lipinski definition) is 4. The number of alkyl halides is 3. The van der Waals surface area contributed by atoms with Gasteiger partial charge in [-0.3, -0.25) is 9.48 Å². The molecule has 0 aliphatic rings. The molecule has 6 nitrogen and oxygen atoms in total. The third-order valence-corrected chi connectivity index (χ3v) is 4.48. The van der Waals surface area contributed by atoms with Gasteiger partial charge in [-0.2, -0.15) is 18.3 Å². The molecule has 1 amide bonds. The molecule has 0 aliphatic heterocycles. The van der Waals surface area contributed by atoms with Gasteiger partial charge in [-0.05, 0) is 41.1 Å². The molecule has 0 saturated heterocycles. The van der Waals surface area contributed by atoms with E-state index in [0.29, 0.717) is 17.1 Å². The van der Waals surface area contributed by atoms with E-state index >= 15 is 0 Å². The lowest BCUT2D eigenvalue weighted by molar-refractivity contribution is -0.142. The number of carbonyl (C=O) groups excluding carboxylic acids is 1. The van der Waals surface area contributed by atoms with Crippen molar-refractivity contribution in [2.45, 2.75) is 19.1 Å². The van der Waals surface area contributed by atoms with E-state index in [9.17, 15) is 18.0 Å². The van der Waals surface area contributed by atoms with Crippen LogP contribution in [-0.4, -0.2) is 29.9 Å². The fraction of sp³-hybridized carbons (Fsp3) is 0.375. The molecule has 0 fully saturated rings. The molecule has 0 saturated carbocycles. The van der Waals surface area contributed by atoms with Crippen molar-refractivity contribution < 1.29 is 27.4 Å². The van der Waals surface area contributed by atoms with Crippen molar-refractivity contribution >= 4 is 21.8 Å². The number of nitrogens with zero attached hydrogens (tertiary/aromatic N) is 2. The zero-order valence-electron chi connectivity index (χ0n) is 14.4. The molecular formula is C16H17BrF3N3O3. The number of aryl methyl sites for hydroxylation is 1. The van der Waals surface area contributed by atoms with E-state index in [1.54, 1.807) is 25.1 Å². The molecule has 1 aromatic heterocycles. The highest BCUT2D eigenvalue weighted by Gasteiger charge is 2.39. The fourth-order valence-corrected chi connectivity index (χ4v) is 3.19. The zero-order chi connectivity index (χ0) is 19.6. The topological polar surface area (TPSA) is 65.4 Å². The van der Waals surface area contributed by atoms with Crippen LogP contribution in [-0.2, 0) is 13.2 Å². The molecule has 2 aromatic rings. The summed E-state index contributed by atoms with van der Waals surface area (Å²) >= 11 is 2.83. The number of hydrogen-bond donors (Lipinski definition) is 1. The van der Waals surface area contributed by atoms with E-state index in [1.165, 1.54) is 21.3 Å². The van der Waals surface area contributed by atoms with Gasteiger partial charge in [0.05, 0.1) is 24.7 Å². The van der Waals surface area contributed by atoms with Crippen LogP contribution in [0.4, 0.5) is 13.2 Å². The van der Waals surface area contributed by atoms with Crippen molar-refractivity contribution in [3.8, 4) is 11.5 Å². The monoisotopic (exact) mass is 435 g/mol. The molecule has 26 heavy (non-hydrogen) atoms. The van der Waals surface area contributed by atoms with Gasteiger partial charge in [-0.25, -0.2) is 0 Å². The fourth-order valence-electron chi connectivity index (χ4n) is 2.45.